The summed E-state index contributed by atoms with van der Waals surface area (Å²) in [6, 6.07) is 1.55. The maximum Gasteiger partial charge on any atom is 0.0252 e. The van der Waals surface area contributed by atoms with Crippen LogP contribution >= 0.6 is 0 Å². The second-order valence-corrected chi connectivity index (χ2v) is 7.98. The summed E-state index contributed by atoms with van der Waals surface area (Å²) in [6.07, 6.45) is 9.71. The first-order valence-electron chi connectivity index (χ1n) is 9.03. The van der Waals surface area contributed by atoms with E-state index in [9.17, 15) is 0 Å². The molecule has 1 saturated heterocycles. The Balaban J connectivity index is 1.97. The highest BCUT2D eigenvalue weighted by atomic mass is 15.2. The monoisotopic (exact) mass is 280 g/mol. The number of likely N-dealkylation sites (tertiary alicyclic amines) is 1. The van der Waals surface area contributed by atoms with Gasteiger partial charge < -0.3 is 5.32 Å². The molecule has 2 fully saturated rings. The molecule has 1 aliphatic heterocycles. The molecule has 0 aromatic heterocycles. The van der Waals surface area contributed by atoms with Crippen LogP contribution in [0.2, 0.25) is 0 Å². The van der Waals surface area contributed by atoms with Crippen LogP contribution in [-0.2, 0) is 0 Å². The van der Waals surface area contributed by atoms with Gasteiger partial charge in [0.05, 0.1) is 0 Å². The zero-order valence-electron chi connectivity index (χ0n) is 14.3. The average molecular weight is 280 g/mol. The summed E-state index contributed by atoms with van der Waals surface area (Å²) in [5.41, 5.74) is 0.535. The van der Waals surface area contributed by atoms with Crippen molar-refractivity contribution in [1.82, 2.24) is 10.2 Å². The first-order chi connectivity index (χ1) is 9.55. The van der Waals surface area contributed by atoms with Crippen LogP contribution in [0, 0.1) is 11.3 Å². The van der Waals surface area contributed by atoms with Crippen molar-refractivity contribution in [2.24, 2.45) is 11.3 Å². The van der Waals surface area contributed by atoms with E-state index in [-0.39, 0.29) is 0 Å². The fourth-order valence-corrected chi connectivity index (χ4v) is 4.31. The zero-order chi connectivity index (χ0) is 14.6. The molecule has 0 aromatic carbocycles. The van der Waals surface area contributed by atoms with Crippen LogP contribution in [0.15, 0.2) is 0 Å². The Hall–Kier alpha value is -0.0800. The van der Waals surface area contributed by atoms with E-state index in [1.165, 1.54) is 64.6 Å². The molecule has 1 heterocycles. The number of nitrogens with zero attached hydrogens (tertiary/aromatic N) is 1. The fourth-order valence-electron chi connectivity index (χ4n) is 4.31. The van der Waals surface area contributed by atoms with Gasteiger partial charge in [-0.25, -0.2) is 0 Å². The predicted molar refractivity (Wildman–Crippen MR) is 88.1 cm³/mol. The minimum Gasteiger partial charge on any atom is -0.312 e. The Morgan fingerprint density at radius 3 is 2.55 bits per heavy atom. The highest BCUT2D eigenvalue weighted by Crippen LogP contribution is 2.37. The Kier molecular flexibility index (Phi) is 5.92. The van der Waals surface area contributed by atoms with Crippen LogP contribution in [0.5, 0.6) is 0 Å². The van der Waals surface area contributed by atoms with E-state index >= 15 is 0 Å². The minimum atomic E-state index is 0.535. The molecule has 2 heteroatoms. The van der Waals surface area contributed by atoms with Crippen molar-refractivity contribution in [3.63, 3.8) is 0 Å². The van der Waals surface area contributed by atoms with Gasteiger partial charge in [0.1, 0.15) is 0 Å². The quantitative estimate of drug-likeness (QED) is 0.789. The summed E-state index contributed by atoms with van der Waals surface area (Å²) in [4.78, 5) is 2.81. The van der Waals surface area contributed by atoms with Gasteiger partial charge in [-0.3, -0.25) is 4.90 Å². The van der Waals surface area contributed by atoms with Crippen LogP contribution in [-0.4, -0.2) is 36.6 Å². The van der Waals surface area contributed by atoms with Gasteiger partial charge in [-0.2, -0.15) is 0 Å². The van der Waals surface area contributed by atoms with Crippen LogP contribution in [0.25, 0.3) is 0 Å². The largest absolute Gasteiger partial charge is 0.312 e. The van der Waals surface area contributed by atoms with E-state index in [1.54, 1.807) is 0 Å². The lowest BCUT2D eigenvalue weighted by Gasteiger charge is -2.42. The van der Waals surface area contributed by atoms with E-state index in [2.05, 4.69) is 37.9 Å². The molecule has 20 heavy (non-hydrogen) atoms. The highest BCUT2D eigenvalue weighted by Gasteiger charge is 2.39. The summed E-state index contributed by atoms with van der Waals surface area (Å²) in [6.45, 7) is 13.3. The molecule has 1 N–H and O–H groups in total. The number of nitrogens with one attached hydrogen (secondary N) is 1. The lowest BCUT2D eigenvalue weighted by Crippen LogP contribution is -2.53. The first kappa shape index (κ1) is 16.3. The third kappa shape index (κ3) is 4.21. The van der Waals surface area contributed by atoms with Crippen molar-refractivity contribution < 1.29 is 0 Å². The second-order valence-electron chi connectivity index (χ2n) is 7.98. The van der Waals surface area contributed by atoms with Gasteiger partial charge in [0.25, 0.3) is 0 Å². The number of hydrogen-bond donors (Lipinski definition) is 1. The molecule has 1 saturated carbocycles. The molecule has 3 atom stereocenters. The van der Waals surface area contributed by atoms with Crippen molar-refractivity contribution in [2.75, 3.05) is 19.6 Å². The Morgan fingerprint density at radius 1 is 1.15 bits per heavy atom. The summed E-state index contributed by atoms with van der Waals surface area (Å²) in [7, 11) is 0. The van der Waals surface area contributed by atoms with Gasteiger partial charge in [-0.1, -0.05) is 40.5 Å². The van der Waals surface area contributed by atoms with Crippen LogP contribution < -0.4 is 5.32 Å². The van der Waals surface area contributed by atoms with Crippen LogP contribution in [0.3, 0.4) is 0 Å². The van der Waals surface area contributed by atoms with Gasteiger partial charge in [0, 0.05) is 18.6 Å². The van der Waals surface area contributed by atoms with E-state index in [0.29, 0.717) is 5.41 Å². The SMILES string of the molecule is CCCNC1CCC(CCC)CC1N1CCC(C)(C)C1. The topological polar surface area (TPSA) is 15.3 Å². The molecular formula is C18H36N2. The molecule has 1 aliphatic carbocycles. The summed E-state index contributed by atoms with van der Waals surface area (Å²) >= 11 is 0. The molecule has 0 amide bonds. The number of rotatable bonds is 6. The van der Waals surface area contributed by atoms with E-state index in [0.717, 1.165) is 18.0 Å². The molecule has 2 nitrogen and oxygen atoms in total. The smallest absolute Gasteiger partial charge is 0.0252 e. The maximum atomic E-state index is 3.85. The van der Waals surface area contributed by atoms with Crippen molar-refractivity contribution in [3.05, 3.63) is 0 Å². The third-order valence-corrected chi connectivity index (χ3v) is 5.45. The van der Waals surface area contributed by atoms with Gasteiger partial charge in [0.2, 0.25) is 0 Å². The van der Waals surface area contributed by atoms with Crippen LogP contribution in [0.4, 0.5) is 0 Å². The molecule has 0 bridgehead atoms. The molecule has 118 valence electrons. The standard InChI is InChI=1S/C18H36N2/c1-5-7-15-8-9-16(19-11-6-2)17(13-15)20-12-10-18(3,4)14-20/h15-17,19H,5-14H2,1-4H3. The number of hydrogen-bond acceptors (Lipinski definition) is 2. The van der Waals surface area contributed by atoms with Crippen LogP contribution in [0.1, 0.15) is 72.6 Å². The van der Waals surface area contributed by atoms with Gasteiger partial charge in [-0.15, -0.1) is 0 Å². The molecule has 2 aliphatic rings. The van der Waals surface area contributed by atoms with Crippen molar-refractivity contribution >= 4 is 0 Å². The van der Waals surface area contributed by atoms with Gasteiger partial charge in [-0.05, 0) is 56.5 Å². The van der Waals surface area contributed by atoms with E-state index in [1.807, 2.05) is 0 Å². The Morgan fingerprint density at radius 2 is 1.95 bits per heavy atom. The lowest BCUT2D eigenvalue weighted by molar-refractivity contribution is 0.106. The normalized spacial score (nSPS) is 34.5. The summed E-state index contributed by atoms with van der Waals surface area (Å²) in [5.74, 6) is 0.980. The molecule has 2 rings (SSSR count). The Labute approximate surface area is 126 Å². The third-order valence-electron chi connectivity index (χ3n) is 5.45. The van der Waals surface area contributed by atoms with Gasteiger partial charge in [0.15, 0.2) is 0 Å². The van der Waals surface area contributed by atoms with E-state index < -0.39 is 0 Å². The maximum absolute atomic E-state index is 3.85. The molecular weight excluding hydrogens is 244 g/mol. The molecule has 0 radical (unpaired) electrons. The van der Waals surface area contributed by atoms with Crippen molar-refractivity contribution in [2.45, 2.75) is 84.7 Å². The zero-order valence-corrected chi connectivity index (χ0v) is 14.3. The summed E-state index contributed by atoms with van der Waals surface area (Å²) < 4.78 is 0. The summed E-state index contributed by atoms with van der Waals surface area (Å²) in [5, 5.41) is 3.85. The van der Waals surface area contributed by atoms with Crippen molar-refractivity contribution in [1.29, 1.82) is 0 Å². The molecule has 3 unspecified atom stereocenters. The molecule has 0 aromatic rings. The average Bonchev–Trinajstić information content (AvgIpc) is 2.78. The Bertz CT molecular complexity index is 287. The second kappa shape index (κ2) is 7.26. The van der Waals surface area contributed by atoms with E-state index in [4.69, 9.17) is 0 Å². The highest BCUT2D eigenvalue weighted by molar-refractivity contribution is 4.95. The minimum absolute atomic E-state index is 0.535. The van der Waals surface area contributed by atoms with Crippen molar-refractivity contribution in [3.8, 4) is 0 Å². The predicted octanol–water partition coefficient (Wildman–Crippen LogP) is 4.06. The first-order valence-corrected chi connectivity index (χ1v) is 9.03. The molecule has 0 spiro atoms. The lowest BCUT2D eigenvalue weighted by atomic mass is 9.79. The fraction of sp³-hybridized carbons (Fsp3) is 1.00. The van der Waals surface area contributed by atoms with Gasteiger partial charge >= 0.3 is 0 Å².